The summed E-state index contributed by atoms with van der Waals surface area (Å²) in [6.45, 7) is 8.68. The average molecular weight is 408 g/mol. The maximum absolute atomic E-state index is 12.4. The van der Waals surface area contributed by atoms with Gasteiger partial charge >= 0.3 is 6.09 Å². The zero-order chi connectivity index (χ0) is 20.6. The van der Waals surface area contributed by atoms with Crippen molar-refractivity contribution < 1.29 is 17.9 Å². The van der Waals surface area contributed by atoms with E-state index in [2.05, 4.69) is 9.93 Å². The summed E-state index contributed by atoms with van der Waals surface area (Å²) in [4.78, 5) is 16.5. The fourth-order valence-corrected chi connectivity index (χ4v) is 4.87. The number of benzene rings is 1. The third-order valence-corrected chi connectivity index (χ3v) is 6.71. The van der Waals surface area contributed by atoms with E-state index >= 15 is 0 Å². The van der Waals surface area contributed by atoms with E-state index in [4.69, 9.17) is 4.74 Å². The van der Waals surface area contributed by atoms with E-state index in [0.29, 0.717) is 18.7 Å². The molecule has 1 aliphatic carbocycles. The van der Waals surface area contributed by atoms with Crippen molar-refractivity contribution in [2.75, 3.05) is 13.1 Å². The molecule has 2 fully saturated rings. The number of carbonyl (C=O) groups excluding carboxylic acids is 1. The second kappa shape index (κ2) is 7.39. The van der Waals surface area contributed by atoms with Gasteiger partial charge in [0.25, 0.3) is 10.0 Å². The van der Waals surface area contributed by atoms with Crippen molar-refractivity contribution in [3.05, 3.63) is 29.8 Å². The zero-order valence-electron chi connectivity index (χ0n) is 17.0. The summed E-state index contributed by atoms with van der Waals surface area (Å²) in [5.41, 5.74) is 1.19. The summed E-state index contributed by atoms with van der Waals surface area (Å²) < 4.78 is 30.3. The number of hydrogen-bond donors (Lipinski definition) is 1. The molecule has 1 aromatic rings. The third-order valence-electron chi connectivity index (χ3n) is 5.34. The fourth-order valence-electron chi connectivity index (χ4n) is 3.77. The Labute approximate surface area is 167 Å². The van der Waals surface area contributed by atoms with Gasteiger partial charge in [0.05, 0.1) is 4.90 Å². The van der Waals surface area contributed by atoms with Gasteiger partial charge in [0.1, 0.15) is 5.60 Å². The van der Waals surface area contributed by atoms with Crippen LogP contribution in [0, 0.1) is 12.3 Å². The summed E-state index contributed by atoms with van der Waals surface area (Å²) in [5, 5.41) is 4.14. The number of piperidine rings is 1. The highest BCUT2D eigenvalue weighted by Crippen LogP contribution is 2.47. The van der Waals surface area contributed by atoms with Crippen LogP contribution in [0.3, 0.4) is 0 Å². The molecule has 0 unspecified atom stereocenters. The summed E-state index contributed by atoms with van der Waals surface area (Å²) in [5.74, 6) is 0. The highest BCUT2D eigenvalue weighted by molar-refractivity contribution is 7.89. The maximum Gasteiger partial charge on any atom is 0.410 e. The van der Waals surface area contributed by atoms with Crippen LogP contribution in [0.2, 0.25) is 0 Å². The molecule has 154 valence electrons. The van der Waals surface area contributed by atoms with E-state index in [9.17, 15) is 13.2 Å². The molecule has 28 heavy (non-hydrogen) atoms. The van der Waals surface area contributed by atoms with E-state index in [1.165, 1.54) is 0 Å². The number of nitrogens with zero attached hydrogens (tertiary/aromatic N) is 2. The van der Waals surface area contributed by atoms with Gasteiger partial charge in [-0.3, -0.25) is 0 Å². The Balaban J connectivity index is 1.52. The maximum atomic E-state index is 12.4. The van der Waals surface area contributed by atoms with Crippen LogP contribution >= 0.6 is 0 Å². The van der Waals surface area contributed by atoms with Crippen LogP contribution in [0.15, 0.2) is 34.3 Å². The Hall–Kier alpha value is -2.09. The molecule has 1 aliphatic heterocycles. The topological polar surface area (TPSA) is 88.1 Å². The Morgan fingerprint density at radius 3 is 2.36 bits per heavy atom. The van der Waals surface area contributed by atoms with Crippen LogP contribution in [0.5, 0.6) is 0 Å². The van der Waals surface area contributed by atoms with E-state index < -0.39 is 15.6 Å². The van der Waals surface area contributed by atoms with E-state index in [1.807, 2.05) is 20.8 Å². The van der Waals surface area contributed by atoms with E-state index in [-0.39, 0.29) is 16.4 Å². The van der Waals surface area contributed by atoms with Crippen molar-refractivity contribution in [3.8, 4) is 0 Å². The molecule has 1 spiro atoms. The second-order valence-corrected chi connectivity index (χ2v) is 10.5. The van der Waals surface area contributed by atoms with Crippen molar-refractivity contribution in [2.45, 2.75) is 63.9 Å². The van der Waals surface area contributed by atoms with Gasteiger partial charge in [-0.1, -0.05) is 18.2 Å². The van der Waals surface area contributed by atoms with Crippen LogP contribution in [0.1, 0.15) is 52.0 Å². The number of hydrogen-bond acceptors (Lipinski definition) is 5. The number of nitrogens with one attached hydrogen (secondary N) is 1. The molecular formula is C20H29N3O4S. The number of likely N-dealkylation sites (tertiary alicyclic amines) is 1. The lowest BCUT2D eigenvalue weighted by Gasteiger charge is -2.48. The Morgan fingerprint density at radius 1 is 1.18 bits per heavy atom. The minimum atomic E-state index is -3.65. The van der Waals surface area contributed by atoms with Crippen molar-refractivity contribution in [1.29, 1.82) is 0 Å². The quantitative estimate of drug-likeness (QED) is 0.778. The summed E-state index contributed by atoms with van der Waals surface area (Å²) >= 11 is 0. The first kappa shape index (κ1) is 20.6. The van der Waals surface area contributed by atoms with Crippen LogP contribution in [-0.2, 0) is 14.8 Å². The lowest BCUT2D eigenvalue weighted by Crippen LogP contribution is -2.50. The standard InChI is InChI=1S/C20H29N3O4S/c1-15-7-5-6-8-17(15)28(25,26)22-21-16-13-20(14-16)9-11-23(12-10-20)18(24)27-19(2,3)4/h5-8,22H,9-14H2,1-4H3. The van der Waals surface area contributed by atoms with Crippen molar-refractivity contribution in [2.24, 2.45) is 10.5 Å². The summed E-state index contributed by atoms with van der Waals surface area (Å²) in [7, 11) is -3.65. The second-order valence-electron chi connectivity index (χ2n) is 8.86. The minimum absolute atomic E-state index is 0.130. The van der Waals surface area contributed by atoms with Crippen molar-refractivity contribution in [1.82, 2.24) is 9.73 Å². The van der Waals surface area contributed by atoms with Gasteiger partial charge < -0.3 is 9.64 Å². The van der Waals surface area contributed by atoms with Crippen LogP contribution in [-0.4, -0.2) is 43.8 Å². The molecular weight excluding hydrogens is 378 g/mol. The van der Waals surface area contributed by atoms with Gasteiger partial charge in [0.2, 0.25) is 0 Å². The van der Waals surface area contributed by atoms with Gasteiger partial charge in [0, 0.05) is 18.8 Å². The number of carbonyl (C=O) groups is 1. The molecule has 8 heteroatoms. The largest absolute Gasteiger partial charge is 0.444 e. The molecule has 2 aliphatic rings. The predicted octanol–water partition coefficient (Wildman–Crippen LogP) is 3.44. The fraction of sp³-hybridized carbons (Fsp3) is 0.600. The highest BCUT2D eigenvalue weighted by atomic mass is 32.2. The van der Waals surface area contributed by atoms with Gasteiger partial charge in [-0.15, -0.1) is 0 Å². The predicted molar refractivity (Wildman–Crippen MR) is 108 cm³/mol. The average Bonchev–Trinajstić information content (AvgIpc) is 2.57. The van der Waals surface area contributed by atoms with E-state index in [1.54, 1.807) is 36.1 Å². The Bertz CT molecular complexity index is 869. The lowest BCUT2D eigenvalue weighted by molar-refractivity contribution is 0.00860. The SMILES string of the molecule is Cc1ccccc1S(=O)(=O)NN=C1CC2(CCN(C(=O)OC(C)(C)C)CC2)C1. The summed E-state index contributed by atoms with van der Waals surface area (Å²) in [6, 6.07) is 6.84. The third kappa shape index (κ3) is 4.66. The Kier molecular flexibility index (Phi) is 5.44. The number of aryl methyl sites for hydroxylation is 1. The molecule has 1 saturated carbocycles. The molecule has 3 rings (SSSR count). The highest BCUT2D eigenvalue weighted by Gasteiger charge is 2.45. The molecule has 1 N–H and O–H groups in total. The molecule has 0 aromatic heterocycles. The minimum Gasteiger partial charge on any atom is -0.444 e. The number of amides is 1. The first-order chi connectivity index (χ1) is 13.0. The van der Waals surface area contributed by atoms with Gasteiger partial charge in [-0.25, -0.2) is 9.63 Å². The number of sulfonamides is 1. The molecule has 7 nitrogen and oxygen atoms in total. The molecule has 1 amide bonds. The normalized spacial score (nSPS) is 19.1. The molecule has 1 saturated heterocycles. The molecule has 1 aromatic carbocycles. The molecule has 0 atom stereocenters. The molecule has 1 heterocycles. The number of hydrazone groups is 1. The molecule has 0 radical (unpaired) electrons. The number of rotatable bonds is 3. The van der Waals surface area contributed by atoms with Crippen LogP contribution in [0.25, 0.3) is 0 Å². The monoisotopic (exact) mass is 407 g/mol. The van der Waals surface area contributed by atoms with Crippen molar-refractivity contribution in [3.63, 3.8) is 0 Å². The first-order valence-electron chi connectivity index (χ1n) is 9.61. The van der Waals surface area contributed by atoms with Crippen molar-refractivity contribution >= 4 is 21.8 Å². The molecule has 0 bridgehead atoms. The zero-order valence-corrected chi connectivity index (χ0v) is 17.8. The first-order valence-corrected chi connectivity index (χ1v) is 11.1. The smallest absolute Gasteiger partial charge is 0.410 e. The number of ether oxygens (including phenoxy) is 1. The van der Waals surface area contributed by atoms with E-state index in [0.717, 1.165) is 31.4 Å². The van der Waals surface area contributed by atoms with Crippen LogP contribution < -0.4 is 4.83 Å². The van der Waals surface area contributed by atoms with Gasteiger partial charge in [0.15, 0.2) is 0 Å². The van der Waals surface area contributed by atoms with Gasteiger partial charge in [-0.05, 0) is 70.4 Å². The lowest BCUT2D eigenvalue weighted by atomic mass is 9.62. The van der Waals surface area contributed by atoms with Gasteiger partial charge in [-0.2, -0.15) is 13.5 Å². The summed E-state index contributed by atoms with van der Waals surface area (Å²) in [6.07, 6.45) is 3.05. The Morgan fingerprint density at radius 2 is 1.79 bits per heavy atom. The van der Waals surface area contributed by atoms with Crippen LogP contribution in [0.4, 0.5) is 4.79 Å².